The molecule has 29 heavy (non-hydrogen) atoms. The number of thioether (sulfide) groups is 1. The standard InChI is InChI=1S/C19H21N3O5S2/c1-28-17-7-6-13(12-15(17)19(24)22-8-10-27-11-9-22)29(25,26)21-16-5-3-2-4-14(16)18(20)23/h2-7,12,21H,8-11H2,1H3,(H2,20,23). The second-order valence-electron chi connectivity index (χ2n) is 6.28. The third kappa shape index (κ3) is 4.72. The number of primary amides is 1. The van der Waals surface area contributed by atoms with Crippen LogP contribution in [0.4, 0.5) is 5.69 Å². The van der Waals surface area contributed by atoms with E-state index in [0.717, 1.165) is 0 Å². The van der Waals surface area contributed by atoms with Crippen molar-refractivity contribution in [1.29, 1.82) is 0 Å². The van der Waals surface area contributed by atoms with Crippen molar-refractivity contribution in [3.05, 3.63) is 53.6 Å². The predicted molar refractivity (Wildman–Crippen MR) is 111 cm³/mol. The van der Waals surface area contributed by atoms with E-state index in [1.807, 2.05) is 6.26 Å². The Hall–Kier alpha value is -2.56. The molecular formula is C19H21N3O5S2. The number of morpholine rings is 1. The quantitative estimate of drug-likeness (QED) is 0.668. The smallest absolute Gasteiger partial charge is 0.261 e. The third-order valence-electron chi connectivity index (χ3n) is 4.45. The van der Waals surface area contributed by atoms with Crippen LogP contribution >= 0.6 is 11.8 Å². The molecule has 0 radical (unpaired) electrons. The number of nitrogens with two attached hydrogens (primary N) is 1. The van der Waals surface area contributed by atoms with Gasteiger partial charge in [-0.05, 0) is 36.6 Å². The van der Waals surface area contributed by atoms with Crippen molar-refractivity contribution < 1.29 is 22.7 Å². The fraction of sp³-hybridized carbons (Fsp3) is 0.263. The van der Waals surface area contributed by atoms with Crippen molar-refractivity contribution in [3.63, 3.8) is 0 Å². The van der Waals surface area contributed by atoms with E-state index < -0.39 is 15.9 Å². The molecule has 3 N–H and O–H groups in total. The topological polar surface area (TPSA) is 119 Å². The Bertz CT molecular complexity index is 1030. The number of para-hydroxylation sites is 1. The van der Waals surface area contributed by atoms with Crippen LogP contribution in [0, 0.1) is 0 Å². The molecule has 0 aliphatic carbocycles. The first-order valence-corrected chi connectivity index (χ1v) is 11.5. The lowest BCUT2D eigenvalue weighted by molar-refractivity contribution is 0.0300. The lowest BCUT2D eigenvalue weighted by Crippen LogP contribution is -2.41. The number of rotatable bonds is 6. The number of carbonyl (C=O) groups excluding carboxylic acids is 2. The lowest BCUT2D eigenvalue weighted by Gasteiger charge is -2.27. The molecule has 1 aliphatic heterocycles. The maximum Gasteiger partial charge on any atom is 0.261 e. The summed E-state index contributed by atoms with van der Waals surface area (Å²) in [5.74, 6) is -0.989. The molecule has 1 fully saturated rings. The summed E-state index contributed by atoms with van der Waals surface area (Å²) in [6.07, 6.45) is 1.82. The summed E-state index contributed by atoms with van der Waals surface area (Å²) in [5, 5.41) is 0. The minimum absolute atomic E-state index is 0.0569. The van der Waals surface area contributed by atoms with Gasteiger partial charge in [0.05, 0.1) is 34.9 Å². The molecule has 2 aromatic rings. The zero-order valence-electron chi connectivity index (χ0n) is 15.8. The van der Waals surface area contributed by atoms with E-state index in [0.29, 0.717) is 36.8 Å². The van der Waals surface area contributed by atoms with Gasteiger partial charge in [-0.2, -0.15) is 0 Å². The van der Waals surface area contributed by atoms with Crippen LogP contribution in [0.25, 0.3) is 0 Å². The van der Waals surface area contributed by atoms with Gasteiger partial charge >= 0.3 is 0 Å². The van der Waals surface area contributed by atoms with Crippen LogP contribution in [0.1, 0.15) is 20.7 Å². The van der Waals surface area contributed by atoms with Crippen LogP contribution in [-0.4, -0.2) is 57.7 Å². The van der Waals surface area contributed by atoms with Gasteiger partial charge in [0.25, 0.3) is 21.8 Å². The second-order valence-corrected chi connectivity index (χ2v) is 8.81. The lowest BCUT2D eigenvalue weighted by atomic mass is 10.2. The van der Waals surface area contributed by atoms with E-state index >= 15 is 0 Å². The van der Waals surface area contributed by atoms with Gasteiger partial charge in [-0.3, -0.25) is 14.3 Å². The van der Waals surface area contributed by atoms with E-state index in [1.165, 1.54) is 36.0 Å². The number of carbonyl (C=O) groups is 2. The maximum absolute atomic E-state index is 12.9. The SMILES string of the molecule is CSc1ccc(S(=O)(=O)Nc2ccccc2C(N)=O)cc1C(=O)N1CCOCC1. The van der Waals surface area contributed by atoms with Crippen molar-refractivity contribution in [3.8, 4) is 0 Å². The third-order valence-corrected chi connectivity index (χ3v) is 6.61. The van der Waals surface area contributed by atoms with E-state index in [2.05, 4.69) is 4.72 Å². The molecule has 1 aliphatic rings. The molecule has 2 amide bonds. The summed E-state index contributed by atoms with van der Waals surface area (Å²) >= 11 is 1.36. The summed E-state index contributed by atoms with van der Waals surface area (Å²) in [6, 6.07) is 10.5. The highest BCUT2D eigenvalue weighted by molar-refractivity contribution is 7.98. The summed E-state index contributed by atoms with van der Waals surface area (Å²) in [4.78, 5) is 26.8. The summed E-state index contributed by atoms with van der Waals surface area (Å²) in [5.41, 5.74) is 5.77. The Labute approximate surface area is 173 Å². The van der Waals surface area contributed by atoms with Crippen molar-refractivity contribution in [2.75, 3.05) is 37.3 Å². The van der Waals surface area contributed by atoms with Gasteiger partial charge in [0, 0.05) is 18.0 Å². The number of anilines is 1. The molecule has 3 rings (SSSR count). The second kappa shape index (κ2) is 8.85. The Morgan fingerprint density at radius 3 is 2.45 bits per heavy atom. The Morgan fingerprint density at radius 2 is 1.79 bits per heavy atom. The molecule has 154 valence electrons. The average Bonchev–Trinajstić information content (AvgIpc) is 2.73. The van der Waals surface area contributed by atoms with Gasteiger partial charge in [-0.25, -0.2) is 8.42 Å². The van der Waals surface area contributed by atoms with Crippen LogP contribution in [0.15, 0.2) is 52.3 Å². The summed E-state index contributed by atoms with van der Waals surface area (Å²) in [7, 11) is -4.04. The number of hydrogen-bond donors (Lipinski definition) is 2. The fourth-order valence-electron chi connectivity index (χ4n) is 2.95. The van der Waals surface area contributed by atoms with Gasteiger partial charge in [-0.1, -0.05) is 12.1 Å². The van der Waals surface area contributed by atoms with Crippen molar-refractivity contribution in [2.24, 2.45) is 5.73 Å². The van der Waals surface area contributed by atoms with Crippen molar-refractivity contribution >= 4 is 39.3 Å². The van der Waals surface area contributed by atoms with Crippen LogP contribution < -0.4 is 10.5 Å². The Balaban J connectivity index is 1.96. The fourth-order valence-corrected chi connectivity index (χ4v) is 4.62. The predicted octanol–water partition coefficient (Wildman–Crippen LogP) is 1.78. The Kier molecular flexibility index (Phi) is 6.46. The monoisotopic (exact) mass is 435 g/mol. The van der Waals surface area contributed by atoms with Crippen LogP contribution in [-0.2, 0) is 14.8 Å². The van der Waals surface area contributed by atoms with Gasteiger partial charge in [0.15, 0.2) is 0 Å². The number of benzene rings is 2. The minimum atomic E-state index is -4.04. The van der Waals surface area contributed by atoms with Crippen molar-refractivity contribution in [2.45, 2.75) is 9.79 Å². The molecule has 0 atom stereocenters. The molecule has 0 aromatic heterocycles. The van der Waals surface area contributed by atoms with Crippen LogP contribution in [0.5, 0.6) is 0 Å². The van der Waals surface area contributed by atoms with E-state index in [1.54, 1.807) is 23.1 Å². The first-order chi connectivity index (χ1) is 13.8. The molecule has 0 saturated carbocycles. The highest BCUT2D eigenvalue weighted by Gasteiger charge is 2.24. The molecular weight excluding hydrogens is 414 g/mol. The zero-order valence-corrected chi connectivity index (χ0v) is 17.4. The average molecular weight is 436 g/mol. The molecule has 8 nitrogen and oxygen atoms in total. The van der Waals surface area contributed by atoms with Gasteiger partial charge in [-0.15, -0.1) is 11.8 Å². The molecule has 1 heterocycles. The van der Waals surface area contributed by atoms with Gasteiger partial charge < -0.3 is 15.4 Å². The first-order valence-electron chi connectivity index (χ1n) is 8.80. The molecule has 0 bridgehead atoms. The summed E-state index contributed by atoms with van der Waals surface area (Å²) < 4.78 is 33.5. The van der Waals surface area contributed by atoms with E-state index in [9.17, 15) is 18.0 Å². The maximum atomic E-state index is 12.9. The van der Waals surface area contributed by atoms with Gasteiger partial charge in [0.2, 0.25) is 0 Å². The first kappa shape index (κ1) is 21.2. The molecule has 2 aromatic carbocycles. The number of sulfonamides is 1. The van der Waals surface area contributed by atoms with E-state index in [-0.39, 0.29) is 22.1 Å². The van der Waals surface area contributed by atoms with Gasteiger partial charge in [0.1, 0.15) is 0 Å². The number of nitrogens with one attached hydrogen (secondary N) is 1. The number of ether oxygens (including phenoxy) is 1. The minimum Gasteiger partial charge on any atom is -0.378 e. The highest BCUT2D eigenvalue weighted by Crippen LogP contribution is 2.27. The molecule has 10 heteroatoms. The number of nitrogens with zero attached hydrogens (tertiary/aromatic N) is 1. The highest BCUT2D eigenvalue weighted by atomic mass is 32.2. The van der Waals surface area contributed by atoms with Crippen LogP contribution in [0.2, 0.25) is 0 Å². The van der Waals surface area contributed by atoms with Crippen LogP contribution in [0.3, 0.4) is 0 Å². The van der Waals surface area contributed by atoms with Crippen molar-refractivity contribution in [1.82, 2.24) is 4.90 Å². The zero-order chi connectivity index (χ0) is 21.0. The molecule has 0 unspecified atom stereocenters. The largest absolute Gasteiger partial charge is 0.378 e. The van der Waals surface area contributed by atoms with E-state index in [4.69, 9.17) is 10.5 Å². The molecule has 0 spiro atoms. The number of hydrogen-bond acceptors (Lipinski definition) is 6. The molecule has 1 saturated heterocycles. The summed E-state index contributed by atoms with van der Waals surface area (Å²) in [6.45, 7) is 1.80. The normalized spacial score (nSPS) is 14.4. The number of amides is 2. The Morgan fingerprint density at radius 1 is 1.10 bits per heavy atom.